The van der Waals surface area contributed by atoms with Crippen molar-refractivity contribution in [1.82, 2.24) is 20.3 Å². The molecule has 0 aliphatic rings. The maximum absolute atomic E-state index is 10.3. The molecular formula is C10H11N5O2. The van der Waals surface area contributed by atoms with E-state index in [4.69, 9.17) is 10.8 Å². The maximum atomic E-state index is 10.3. The highest BCUT2D eigenvalue weighted by molar-refractivity contribution is 5.64. The van der Waals surface area contributed by atoms with Gasteiger partial charge in [-0.2, -0.15) is 0 Å². The lowest BCUT2D eigenvalue weighted by molar-refractivity contribution is 0.194. The number of rotatable bonds is 3. The normalized spacial score (nSPS) is 10.1. The monoisotopic (exact) mass is 233 g/mol. The predicted molar refractivity (Wildman–Crippen MR) is 60.6 cm³/mol. The van der Waals surface area contributed by atoms with E-state index in [2.05, 4.69) is 15.6 Å². The lowest BCUT2D eigenvalue weighted by Gasteiger charge is -2.00. The van der Waals surface area contributed by atoms with Crippen molar-refractivity contribution < 1.29 is 9.90 Å². The third kappa shape index (κ3) is 2.71. The van der Waals surface area contributed by atoms with Gasteiger partial charge in [0, 0.05) is 5.69 Å². The first kappa shape index (κ1) is 10.9. The first-order valence-corrected chi connectivity index (χ1v) is 4.89. The molecule has 1 aromatic heterocycles. The first-order chi connectivity index (χ1) is 8.15. The molecule has 0 bridgehead atoms. The average Bonchev–Trinajstić information content (AvgIpc) is 2.75. The van der Waals surface area contributed by atoms with E-state index in [1.54, 1.807) is 18.3 Å². The van der Waals surface area contributed by atoms with Crippen molar-refractivity contribution in [2.45, 2.75) is 6.54 Å². The molecule has 7 heteroatoms. The molecule has 1 heterocycles. The van der Waals surface area contributed by atoms with Gasteiger partial charge in [0.05, 0.1) is 18.4 Å². The summed E-state index contributed by atoms with van der Waals surface area (Å²) < 4.78 is 1.54. The minimum atomic E-state index is -1.09. The Balaban J connectivity index is 2.15. The second kappa shape index (κ2) is 4.52. The molecule has 2 rings (SSSR count). The zero-order chi connectivity index (χ0) is 12.3. The van der Waals surface area contributed by atoms with Crippen LogP contribution in [0.25, 0.3) is 5.69 Å². The Kier molecular flexibility index (Phi) is 2.91. The van der Waals surface area contributed by atoms with Gasteiger partial charge in [0.1, 0.15) is 5.69 Å². The molecule has 4 N–H and O–H groups in total. The van der Waals surface area contributed by atoms with E-state index in [0.717, 1.165) is 5.69 Å². The van der Waals surface area contributed by atoms with Crippen LogP contribution in [0.1, 0.15) is 5.69 Å². The van der Waals surface area contributed by atoms with Gasteiger partial charge in [-0.25, -0.2) is 9.48 Å². The van der Waals surface area contributed by atoms with Gasteiger partial charge in [-0.3, -0.25) is 0 Å². The molecule has 0 radical (unpaired) electrons. The van der Waals surface area contributed by atoms with Crippen molar-refractivity contribution in [1.29, 1.82) is 0 Å². The van der Waals surface area contributed by atoms with Crippen LogP contribution in [0.3, 0.4) is 0 Å². The highest BCUT2D eigenvalue weighted by atomic mass is 16.4. The van der Waals surface area contributed by atoms with E-state index in [9.17, 15) is 4.79 Å². The fourth-order valence-corrected chi connectivity index (χ4v) is 1.34. The van der Waals surface area contributed by atoms with Crippen molar-refractivity contribution in [3.8, 4) is 5.69 Å². The SMILES string of the molecule is Nc1cccc(-n2cc(CNC(=O)O)nn2)c1. The van der Waals surface area contributed by atoms with Crippen LogP contribution >= 0.6 is 0 Å². The number of nitrogens with one attached hydrogen (secondary N) is 1. The molecule has 0 unspecified atom stereocenters. The Morgan fingerprint density at radius 3 is 3.06 bits per heavy atom. The highest BCUT2D eigenvalue weighted by Gasteiger charge is 2.04. The standard InChI is InChI=1S/C10H11N5O2/c11-7-2-1-3-9(4-7)15-6-8(13-14-15)5-12-10(16)17/h1-4,6,12H,5,11H2,(H,16,17). The third-order valence-electron chi connectivity index (χ3n) is 2.10. The maximum Gasteiger partial charge on any atom is 0.404 e. The lowest BCUT2D eigenvalue weighted by Crippen LogP contribution is -2.20. The summed E-state index contributed by atoms with van der Waals surface area (Å²) in [4.78, 5) is 10.3. The summed E-state index contributed by atoms with van der Waals surface area (Å²) in [6.07, 6.45) is 0.550. The third-order valence-corrected chi connectivity index (χ3v) is 2.10. The van der Waals surface area contributed by atoms with Gasteiger partial charge < -0.3 is 16.2 Å². The van der Waals surface area contributed by atoms with Gasteiger partial charge in [0.15, 0.2) is 0 Å². The van der Waals surface area contributed by atoms with Gasteiger partial charge in [-0.15, -0.1) is 5.10 Å². The van der Waals surface area contributed by atoms with Crippen LogP contribution in [0.15, 0.2) is 30.5 Å². The summed E-state index contributed by atoms with van der Waals surface area (Å²) in [7, 11) is 0. The highest BCUT2D eigenvalue weighted by Crippen LogP contribution is 2.10. The van der Waals surface area contributed by atoms with E-state index in [1.165, 1.54) is 4.68 Å². The molecule has 0 saturated heterocycles. The topological polar surface area (TPSA) is 106 Å². The van der Waals surface area contributed by atoms with Gasteiger partial charge in [-0.05, 0) is 18.2 Å². The smallest absolute Gasteiger partial charge is 0.404 e. The molecule has 0 atom stereocenters. The number of nitrogens with two attached hydrogens (primary N) is 1. The fourth-order valence-electron chi connectivity index (χ4n) is 1.34. The molecule has 0 spiro atoms. The summed E-state index contributed by atoms with van der Waals surface area (Å²) in [5.74, 6) is 0. The van der Waals surface area contributed by atoms with Crippen molar-refractivity contribution in [3.63, 3.8) is 0 Å². The van der Waals surface area contributed by atoms with Crippen molar-refractivity contribution in [2.24, 2.45) is 0 Å². The molecule has 7 nitrogen and oxygen atoms in total. The Bertz CT molecular complexity index is 537. The molecule has 0 aliphatic heterocycles. The molecule has 2 aromatic rings. The number of hydrogen-bond donors (Lipinski definition) is 3. The van der Waals surface area contributed by atoms with Crippen LogP contribution in [0, 0.1) is 0 Å². The summed E-state index contributed by atoms with van der Waals surface area (Å²) in [5, 5.41) is 18.4. The lowest BCUT2D eigenvalue weighted by atomic mass is 10.3. The number of carboxylic acid groups (broad SMARTS) is 1. The van der Waals surface area contributed by atoms with E-state index >= 15 is 0 Å². The van der Waals surface area contributed by atoms with Gasteiger partial charge in [-0.1, -0.05) is 11.3 Å². The van der Waals surface area contributed by atoms with Crippen molar-refractivity contribution in [3.05, 3.63) is 36.2 Å². The number of nitrogens with zero attached hydrogens (tertiary/aromatic N) is 3. The summed E-state index contributed by atoms with van der Waals surface area (Å²) in [5.41, 5.74) is 7.59. The molecule has 88 valence electrons. The minimum absolute atomic E-state index is 0.123. The average molecular weight is 233 g/mol. The molecule has 0 fully saturated rings. The number of carbonyl (C=O) groups is 1. The zero-order valence-electron chi connectivity index (χ0n) is 8.87. The Morgan fingerprint density at radius 1 is 1.53 bits per heavy atom. The number of benzene rings is 1. The van der Waals surface area contributed by atoms with Gasteiger partial charge in [0.25, 0.3) is 0 Å². The van der Waals surface area contributed by atoms with E-state index in [1.807, 2.05) is 12.1 Å². The number of amides is 1. The van der Waals surface area contributed by atoms with Crippen LogP contribution in [0.2, 0.25) is 0 Å². The van der Waals surface area contributed by atoms with Gasteiger partial charge >= 0.3 is 6.09 Å². The minimum Gasteiger partial charge on any atom is -0.465 e. The summed E-state index contributed by atoms with van der Waals surface area (Å²) in [6, 6.07) is 7.16. The number of nitrogen functional groups attached to an aromatic ring is 1. The second-order valence-corrected chi connectivity index (χ2v) is 3.41. The second-order valence-electron chi connectivity index (χ2n) is 3.41. The first-order valence-electron chi connectivity index (χ1n) is 4.89. The summed E-state index contributed by atoms with van der Waals surface area (Å²) >= 11 is 0. The van der Waals surface area contributed by atoms with Crippen LogP contribution in [0.5, 0.6) is 0 Å². The molecule has 0 saturated carbocycles. The van der Waals surface area contributed by atoms with Crippen LogP contribution < -0.4 is 11.1 Å². The van der Waals surface area contributed by atoms with Crippen LogP contribution in [-0.2, 0) is 6.54 Å². The van der Waals surface area contributed by atoms with Gasteiger partial charge in [0.2, 0.25) is 0 Å². The van der Waals surface area contributed by atoms with E-state index < -0.39 is 6.09 Å². The largest absolute Gasteiger partial charge is 0.465 e. The summed E-state index contributed by atoms with van der Waals surface area (Å²) in [6.45, 7) is 0.123. The molecule has 17 heavy (non-hydrogen) atoms. The van der Waals surface area contributed by atoms with E-state index in [-0.39, 0.29) is 6.54 Å². The van der Waals surface area contributed by atoms with Crippen molar-refractivity contribution in [2.75, 3.05) is 5.73 Å². The van der Waals surface area contributed by atoms with Crippen molar-refractivity contribution >= 4 is 11.8 Å². The fraction of sp³-hybridized carbons (Fsp3) is 0.100. The number of anilines is 1. The number of hydrogen-bond acceptors (Lipinski definition) is 4. The van der Waals surface area contributed by atoms with Crippen LogP contribution in [-0.4, -0.2) is 26.2 Å². The van der Waals surface area contributed by atoms with E-state index in [0.29, 0.717) is 11.4 Å². The quantitative estimate of drug-likeness (QED) is 0.674. The Hall–Kier alpha value is -2.57. The predicted octanol–water partition coefficient (Wildman–Crippen LogP) is 0.617. The Labute approximate surface area is 96.9 Å². The molecule has 1 aromatic carbocycles. The zero-order valence-corrected chi connectivity index (χ0v) is 8.87. The van der Waals surface area contributed by atoms with Crippen LogP contribution in [0.4, 0.5) is 10.5 Å². The molecular weight excluding hydrogens is 222 g/mol. The molecule has 0 aliphatic carbocycles. The Morgan fingerprint density at radius 2 is 2.35 bits per heavy atom. The number of aromatic nitrogens is 3. The molecule has 1 amide bonds.